The second-order valence-electron chi connectivity index (χ2n) is 9.16. The highest BCUT2D eigenvalue weighted by atomic mass is 35.5. The minimum Gasteiger partial charge on any atom is -0.497 e. The first-order valence-electron chi connectivity index (χ1n) is 11.2. The Morgan fingerprint density at radius 1 is 0.972 bits per heavy atom. The summed E-state index contributed by atoms with van der Waals surface area (Å²) < 4.78 is 7.26. The molecule has 0 aliphatic heterocycles. The van der Waals surface area contributed by atoms with Crippen molar-refractivity contribution in [1.82, 2.24) is 14.8 Å². The number of amides is 1. The fourth-order valence-corrected chi connectivity index (χ4v) is 4.86. The van der Waals surface area contributed by atoms with Gasteiger partial charge in [0.15, 0.2) is 11.0 Å². The first-order valence-corrected chi connectivity index (χ1v) is 13.0. The van der Waals surface area contributed by atoms with Gasteiger partial charge in [0.05, 0.1) is 12.9 Å². The fourth-order valence-electron chi connectivity index (χ4n) is 3.59. The Morgan fingerprint density at radius 2 is 1.61 bits per heavy atom. The molecular weight excluding hydrogens is 515 g/mol. The minimum atomic E-state index is -0.210. The third kappa shape index (κ3) is 6.22. The molecule has 0 spiro atoms. The van der Waals surface area contributed by atoms with Crippen molar-refractivity contribution in [3.8, 4) is 22.8 Å². The van der Waals surface area contributed by atoms with Crippen LogP contribution in [-0.4, -0.2) is 33.5 Å². The lowest BCUT2D eigenvalue weighted by Crippen LogP contribution is -2.14. The molecule has 1 N–H and O–H groups in total. The number of aromatic nitrogens is 3. The number of hydrogen-bond acceptors (Lipinski definition) is 5. The maximum absolute atomic E-state index is 12.7. The molecule has 3 aromatic carbocycles. The Labute approximate surface area is 225 Å². The standard InChI is InChI=1S/C27H26Cl2N4O2S/c1-27(2,3)18-7-5-17(6-8-18)25-31-32-26(33(25)22-9-11-23(35-4)12-10-22)36-16-24(34)30-21-14-19(28)13-20(29)15-21/h5-15H,16H2,1-4H3,(H,30,34). The fraction of sp³-hybridized carbons (Fsp3) is 0.222. The van der Waals surface area contributed by atoms with Gasteiger partial charge < -0.3 is 10.1 Å². The molecule has 0 bridgehead atoms. The minimum absolute atomic E-state index is 0.0454. The van der Waals surface area contributed by atoms with E-state index in [1.807, 2.05) is 28.8 Å². The summed E-state index contributed by atoms with van der Waals surface area (Å²) in [6, 6.07) is 20.9. The number of benzene rings is 3. The summed E-state index contributed by atoms with van der Waals surface area (Å²) in [5.41, 5.74) is 3.60. The molecule has 186 valence electrons. The molecule has 4 aromatic rings. The van der Waals surface area contributed by atoms with E-state index in [1.165, 1.54) is 17.3 Å². The van der Waals surface area contributed by atoms with Gasteiger partial charge >= 0.3 is 0 Å². The molecule has 0 saturated heterocycles. The molecule has 36 heavy (non-hydrogen) atoms. The molecule has 0 radical (unpaired) electrons. The predicted molar refractivity (Wildman–Crippen MR) is 148 cm³/mol. The van der Waals surface area contributed by atoms with Gasteiger partial charge in [0.1, 0.15) is 5.75 Å². The SMILES string of the molecule is COc1ccc(-n2c(SCC(=O)Nc3cc(Cl)cc(Cl)c3)nnc2-c2ccc(C(C)(C)C)cc2)cc1. The van der Waals surface area contributed by atoms with Crippen LogP contribution in [0.4, 0.5) is 5.69 Å². The lowest BCUT2D eigenvalue weighted by molar-refractivity contribution is -0.113. The molecule has 0 fully saturated rings. The zero-order valence-corrected chi connectivity index (χ0v) is 22.7. The summed E-state index contributed by atoms with van der Waals surface area (Å²) in [4.78, 5) is 12.7. The van der Waals surface area contributed by atoms with Crippen LogP contribution in [0.1, 0.15) is 26.3 Å². The summed E-state index contributed by atoms with van der Waals surface area (Å²) in [5.74, 6) is 1.35. The average molecular weight is 542 g/mol. The number of nitrogens with zero attached hydrogens (tertiary/aromatic N) is 3. The van der Waals surface area contributed by atoms with Crippen molar-refractivity contribution in [2.45, 2.75) is 31.3 Å². The number of methoxy groups -OCH3 is 1. The molecular formula is C27H26Cl2N4O2S. The van der Waals surface area contributed by atoms with Crippen molar-refractivity contribution in [3.63, 3.8) is 0 Å². The molecule has 0 aliphatic rings. The highest BCUT2D eigenvalue weighted by Gasteiger charge is 2.19. The number of carbonyl (C=O) groups is 1. The van der Waals surface area contributed by atoms with E-state index >= 15 is 0 Å². The van der Waals surface area contributed by atoms with Crippen LogP contribution in [-0.2, 0) is 10.2 Å². The largest absolute Gasteiger partial charge is 0.497 e. The van der Waals surface area contributed by atoms with Gasteiger partial charge in [-0.2, -0.15) is 0 Å². The van der Waals surface area contributed by atoms with Crippen molar-refractivity contribution in [1.29, 1.82) is 0 Å². The number of anilines is 1. The van der Waals surface area contributed by atoms with Crippen molar-refractivity contribution in [3.05, 3.63) is 82.3 Å². The third-order valence-corrected chi connectivity index (χ3v) is 6.82. The summed E-state index contributed by atoms with van der Waals surface area (Å²) in [6.45, 7) is 6.54. The van der Waals surface area contributed by atoms with Gasteiger partial charge in [0.25, 0.3) is 0 Å². The lowest BCUT2D eigenvalue weighted by Gasteiger charge is -2.19. The highest BCUT2D eigenvalue weighted by Crippen LogP contribution is 2.31. The first-order chi connectivity index (χ1) is 17.1. The van der Waals surface area contributed by atoms with E-state index in [2.05, 4.69) is 60.6 Å². The number of rotatable bonds is 7. The van der Waals surface area contributed by atoms with Gasteiger partial charge in [0.2, 0.25) is 5.91 Å². The Kier molecular flexibility index (Phi) is 7.93. The van der Waals surface area contributed by atoms with Gasteiger partial charge in [-0.3, -0.25) is 9.36 Å². The van der Waals surface area contributed by atoms with Crippen LogP contribution < -0.4 is 10.1 Å². The zero-order valence-electron chi connectivity index (χ0n) is 20.4. The van der Waals surface area contributed by atoms with Crippen LogP contribution in [0.2, 0.25) is 10.0 Å². The van der Waals surface area contributed by atoms with Crippen LogP contribution in [0.5, 0.6) is 5.75 Å². The van der Waals surface area contributed by atoms with E-state index in [1.54, 1.807) is 25.3 Å². The van der Waals surface area contributed by atoms with Crippen LogP contribution in [0.25, 0.3) is 17.1 Å². The monoisotopic (exact) mass is 540 g/mol. The van der Waals surface area contributed by atoms with Crippen molar-refractivity contribution in [2.75, 3.05) is 18.2 Å². The third-order valence-electron chi connectivity index (χ3n) is 5.45. The second kappa shape index (κ2) is 10.9. The first kappa shape index (κ1) is 26.1. The number of nitrogens with one attached hydrogen (secondary N) is 1. The molecule has 1 aromatic heterocycles. The van der Waals surface area contributed by atoms with Crippen LogP contribution >= 0.6 is 35.0 Å². The average Bonchev–Trinajstić information content (AvgIpc) is 3.25. The van der Waals surface area contributed by atoms with Gasteiger partial charge in [-0.15, -0.1) is 10.2 Å². The summed E-state index contributed by atoms with van der Waals surface area (Å²) in [7, 11) is 1.63. The zero-order chi connectivity index (χ0) is 25.9. The molecule has 0 aliphatic carbocycles. The Balaban J connectivity index is 1.62. The van der Waals surface area contributed by atoms with Crippen molar-refractivity contribution >= 4 is 46.6 Å². The highest BCUT2D eigenvalue weighted by molar-refractivity contribution is 7.99. The Morgan fingerprint density at radius 3 is 2.19 bits per heavy atom. The molecule has 6 nitrogen and oxygen atoms in total. The van der Waals surface area contributed by atoms with Crippen LogP contribution in [0, 0.1) is 0 Å². The maximum Gasteiger partial charge on any atom is 0.234 e. The quantitative estimate of drug-likeness (QED) is 0.249. The molecule has 1 amide bonds. The van der Waals surface area contributed by atoms with Gasteiger partial charge in [-0.25, -0.2) is 0 Å². The van der Waals surface area contributed by atoms with Crippen LogP contribution in [0.3, 0.4) is 0 Å². The summed E-state index contributed by atoms with van der Waals surface area (Å²) >= 11 is 13.4. The molecule has 0 saturated carbocycles. The Hall–Kier alpha value is -3.00. The molecule has 4 rings (SSSR count). The van der Waals surface area contributed by atoms with E-state index in [9.17, 15) is 4.79 Å². The second-order valence-corrected chi connectivity index (χ2v) is 11.0. The number of carbonyl (C=O) groups excluding carboxylic acids is 1. The maximum atomic E-state index is 12.7. The van der Waals surface area contributed by atoms with E-state index in [0.717, 1.165) is 17.0 Å². The van der Waals surface area contributed by atoms with Crippen molar-refractivity contribution in [2.24, 2.45) is 0 Å². The number of thioether (sulfide) groups is 1. The van der Waals surface area contributed by atoms with E-state index in [0.29, 0.717) is 26.7 Å². The number of ether oxygens (including phenoxy) is 1. The van der Waals surface area contributed by atoms with E-state index in [-0.39, 0.29) is 17.1 Å². The van der Waals surface area contributed by atoms with Crippen molar-refractivity contribution < 1.29 is 9.53 Å². The summed E-state index contributed by atoms with van der Waals surface area (Å²) in [6.07, 6.45) is 0. The topological polar surface area (TPSA) is 69.0 Å². The van der Waals surface area contributed by atoms with Gasteiger partial charge in [-0.1, -0.05) is 80.0 Å². The number of halogens is 2. The van der Waals surface area contributed by atoms with Gasteiger partial charge in [-0.05, 0) is 53.4 Å². The lowest BCUT2D eigenvalue weighted by atomic mass is 9.87. The molecule has 1 heterocycles. The molecule has 0 atom stereocenters. The van der Waals surface area contributed by atoms with Crippen LogP contribution in [0.15, 0.2) is 71.9 Å². The predicted octanol–water partition coefficient (Wildman–Crippen LogP) is 7.28. The number of hydrogen-bond donors (Lipinski definition) is 1. The molecule has 9 heteroatoms. The van der Waals surface area contributed by atoms with E-state index < -0.39 is 0 Å². The molecule has 0 unspecified atom stereocenters. The van der Waals surface area contributed by atoms with Gasteiger partial charge in [0, 0.05) is 27.0 Å². The Bertz CT molecular complexity index is 1340. The summed E-state index contributed by atoms with van der Waals surface area (Å²) in [5, 5.41) is 13.2. The van der Waals surface area contributed by atoms with E-state index in [4.69, 9.17) is 27.9 Å². The smallest absolute Gasteiger partial charge is 0.234 e. The normalized spacial score (nSPS) is 11.4.